The molecule has 0 radical (unpaired) electrons. The minimum absolute atomic E-state index is 0.0543. The van der Waals surface area contributed by atoms with Crippen LogP contribution in [0.15, 0.2) is 16.6 Å². The van der Waals surface area contributed by atoms with Crippen molar-refractivity contribution < 1.29 is 8.42 Å². The van der Waals surface area contributed by atoms with Gasteiger partial charge in [-0.25, -0.2) is 8.42 Å². The summed E-state index contributed by atoms with van der Waals surface area (Å²) in [5, 5.41) is 3.45. The molecule has 0 amide bonds. The predicted molar refractivity (Wildman–Crippen MR) is 84.7 cm³/mol. The van der Waals surface area contributed by atoms with E-state index < -0.39 is 10.0 Å². The van der Waals surface area contributed by atoms with E-state index in [9.17, 15) is 8.42 Å². The van der Waals surface area contributed by atoms with Crippen LogP contribution in [0.4, 0.5) is 5.69 Å². The summed E-state index contributed by atoms with van der Waals surface area (Å²) in [6.45, 7) is 0.792. The van der Waals surface area contributed by atoms with Crippen LogP contribution in [0.3, 0.4) is 0 Å². The van der Waals surface area contributed by atoms with E-state index in [0.29, 0.717) is 16.6 Å². The van der Waals surface area contributed by atoms with Gasteiger partial charge in [0.2, 0.25) is 10.0 Å². The van der Waals surface area contributed by atoms with Crippen molar-refractivity contribution in [2.75, 3.05) is 24.1 Å². The van der Waals surface area contributed by atoms with Crippen molar-refractivity contribution in [2.45, 2.75) is 12.8 Å². The van der Waals surface area contributed by atoms with Gasteiger partial charge in [-0.05, 0) is 54.5 Å². The van der Waals surface area contributed by atoms with Crippen LogP contribution in [-0.2, 0) is 10.0 Å². The molecule has 4 nitrogen and oxygen atoms in total. The van der Waals surface area contributed by atoms with Crippen molar-refractivity contribution in [3.05, 3.63) is 26.7 Å². The molecule has 0 aliphatic heterocycles. The Labute approximate surface area is 132 Å². The van der Waals surface area contributed by atoms with Gasteiger partial charge in [-0.2, -0.15) is 0 Å². The van der Waals surface area contributed by atoms with Crippen LogP contribution in [-0.4, -0.2) is 27.8 Å². The molecule has 108 valence electrons. The predicted octanol–water partition coefficient (Wildman–Crippen LogP) is 3.50. The smallest absolute Gasteiger partial charge is 0.232 e. The first-order valence-electron chi connectivity index (χ1n) is 5.66. The second-order valence-electron chi connectivity index (χ2n) is 3.95. The van der Waals surface area contributed by atoms with E-state index in [4.69, 9.17) is 23.2 Å². The lowest BCUT2D eigenvalue weighted by atomic mass is 10.3. The third-order valence-corrected chi connectivity index (χ3v) is 5.52. The molecule has 2 N–H and O–H groups in total. The third kappa shape index (κ3) is 5.47. The second-order valence-corrected chi connectivity index (χ2v) is 7.41. The van der Waals surface area contributed by atoms with Gasteiger partial charge in [0.1, 0.15) is 0 Å². The molecule has 0 atom stereocenters. The van der Waals surface area contributed by atoms with Gasteiger partial charge in [0.05, 0.1) is 21.5 Å². The summed E-state index contributed by atoms with van der Waals surface area (Å²) >= 11 is 15.1. The lowest BCUT2D eigenvalue weighted by Crippen LogP contribution is -2.18. The lowest BCUT2D eigenvalue weighted by molar-refractivity contribution is 0.595. The number of halogens is 3. The molecule has 0 bridgehead atoms. The summed E-state index contributed by atoms with van der Waals surface area (Å²) in [4.78, 5) is 0. The van der Waals surface area contributed by atoms with Crippen molar-refractivity contribution in [1.82, 2.24) is 5.32 Å². The summed E-state index contributed by atoms with van der Waals surface area (Å²) in [6.07, 6.45) is 1.38. The number of rotatable bonds is 7. The normalized spacial score (nSPS) is 11.6. The second kappa shape index (κ2) is 7.69. The summed E-state index contributed by atoms with van der Waals surface area (Å²) in [5.74, 6) is 0.0543. The highest BCUT2D eigenvalue weighted by molar-refractivity contribution is 9.10. The highest BCUT2D eigenvalue weighted by atomic mass is 79.9. The van der Waals surface area contributed by atoms with Crippen LogP contribution in [0, 0.1) is 0 Å². The minimum atomic E-state index is -3.40. The van der Waals surface area contributed by atoms with E-state index in [1.54, 1.807) is 12.1 Å². The topological polar surface area (TPSA) is 58.2 Å². The zero-order valence-electron chi connectivity index (χ0n) is 10.3. The van der Waals surface area contributed by atoms with Gasteiger partial charge < -0.3 is 5.32 Å². The average Bonchev–Trinajstić information content (AvgIpc) is 2.35. The molecular formula is C11H15BrCl2N2O2S. The van der Waals surface area contributed by atoms with Crippen molar-refractivity contribution >= 4 is 54.8 Å². The maximum Gasteiger partial charge on any atom is 0.232 e. The SMILES string of the molecule is CNCCCCS(=O)(=O)Nc1ccc(Br)c(Cl)c1Cl. The summed E-state index contributed by atoms with van der Waals surface area (Å²) in [5.41, 5.74) is 0.295. The maximum absolute atomic E-state index is 11.9. The number of unbranched alkanes of at least 4 members (excludes halogenated alkanes) is 1. The molecule has 1 rings (SSSR count). The zero-order chi connectivity index (χ0) is 14.5. The largest absolute Gasteiger partial charge is 0.320 e. The van der Waals surface area contributed by atoms with Crippen molar-refractivity contribution in [2.24, 2.45) is 0 Å². The monoisotopic (exact) mass is 388 g/mol. The molecule has 1 aromatic carbocycles. The molecule has 0 fully saturated rings. The quantitative estimate of drug-likeness (QED) is 0.554. The Morgan fingerprint density at radius 2 is 1.89 bits per heavy atom. The molecule has 0 spiro atoms. The standard InChI is InChI=1S/C11H15BrCl2N2O2S/c1-15-6-2-3-7-19(17,18)16-9-5-4-8(12)10(13)11(9)14/h4-5,15-16H,2-3,6-7H2,1H3. The molecule has 0 aliphatic rings. The minimum Gasteiger partial charge on any atom is -0.320 e. The van der Waals surface area contributed by atoms with Crippen molar-refractivity contribution in [3.8, 4) is 0 Å². The number of hydrogen-bond acceptors (Lipinski definition) is 3. The summed E-state index contributed by atoms with van der Waals surface area (Å²) in [7, 11) is -1.57. The van der Waals surface area contributed by atoms with Crippen molar-refractivity contribution in [3.63, 3.8) is 0 Å². The van der Waals surface area contributed by atoms with E-state index in [-0.39, 0.29) is 15.8 Å². The Morgan fingerprint density at radius 1 is 1.21 bits per heavy atom. The van der Waals surface area contributed by atoms with Crippen LogP contribution < -0.4 is 10.0 Å². The van der Waals surface area contributed by atoms with Gasteiger partial charge in [-0.1, -0.05) is 23.2 Å². The van der Waals surface area contributed by atoms with E-state index in [2.05, 4.69) is 26.0 Å². The fraction of sp³-hybridized carbons (Fsp3) is 0.455. The van der Waals surface area contributed by atoms with E-state index in [1.165, 1.54) is 0 Å². The number of benzene rings is 1. The fourth-order valence-corrected chi connectivity index (χ4v) is 3.49. The molecule has 0 heterocycles. The zero-order valence-corrected chi connectivity index (χ0v) is 14.3. The fourth-order valence-electron chi connectivity index (χ4n) is 1.42. The first kappa shape index (κ1) is 17.0. The van der Waals surface area contributed by atoms with Crippen LogP contribution in [0.25, 0.3) is 0 Å². The Balaban J connectivity index is 2.71. The molecule has 8 heteroatoms. The number of sulfonamides is 1. The molecule has 1 aromatic rings. The van der Waals surface area contributed by atoms with E-state index in [0.717, 1.165) is 13.0 Å². The first-order chi connectivity index (χ1) is 8.87. The molecular weight excluding hydrogens is 375 g/mol. The van der Waals surface area contributed by atoms with Crippen LogP contribution in [0.2, 0.25) is 10.0 Å². The van der Waals surface area contributed by atoms with Gasteiger partial charge in [0, 0.05) is 4.47 Å². The van der Waals surface area contributed by atoms with Crippen molar-refractivity contribution in [1.29, 1.82) is 0 Å². The van der Waals surface area contributed by atoms with Crippen LogP contribution in [0.1, 0.15) is 12.8 Å². The molecule has 0 aliphatic carbocycles. The van der Waals surface area contributed by atoms with E-state index in [1.807, 2.05) is 7.05 Å². The summed E-state index contributed by atoms with van der Waals surface area (Å²) in [6, 6.07) is 3.22. The molecule has 0 aromatic heterocycles. The molecule has 0 saturated carbocycles. The van der Waals surface area contributed by atoms with Gasteiger partial charge in [0.25, 0.3) is 0 Å². The average molecular weight is 390 g/mol. The number of anilines is 1. The van der Waals surface area contributed by atoms with Gasteiger partial charge in [-0.3, -0.25) is 4.72 Å². The van der Waals surface area contributed by atoms with Crippen LogP contribution >= 0.6 is 39.1 Å². The Bertz CT molecular complexity index is 538. The third-order valence-electron chi connectivity index (χ3n) is 2.39. The van der Waals surface area contributed by atoms with Gasteiger partial charge >= 0.3 is 0 Å². The number of hydrogen-bond donors (Lipinski definition) is 2. The lowest BCUT2D eigenvalue weighted by Gasteiger charge is -2.11. The molecule has 0 unspecified atom stereocenters. The highest BCUT2D eigenvalue weighted by Crippen LogP contribution is 2.36. The molecule has 19 heavy (non-hydrogen) atoms. The maximum atomic E-state index is 11.9. The Hall–Kier alpha value is -0.0100. The Kier molecular flexibility index (Phi) is 6.90. The van der Waals surface area contributed by atoms with Gasteiger partial charge in [-0.15, -0.1) is 0 Å². The van der Waals surface area contributed by atoms with E-state index >= 15 is 0 Å². The molecule has 0 saturated heterocycles. The highest BCUT2D eigenvalue weighted by Gasteiger charge is 2.15. The number of nitrogens with one attached hydrogen (secondary N) is 2. The van der Waals surface area contributed by atoms with Crippen LogP contribution in [0.5, 0.6) is 0 Å². The summed E-state index contributed by atoms with van der Waals surface area (Å²) < 4.78 is 26.8. The first-order valence-corrected chi connectivity index (χ1v) is 8.86. The van der Waals surface area contributed by atoms with Gasteiger partial charge in [0.15, 0.2) is 0 Å². The Morgan fingerprint density at radius 3 is 2.53 bits per heavy atom.